The third-order valence-electron chi connectivity index (χ3n) is 2.19. The number of unbranched alkanes of at least 4 members (excludes halogenated alkanes) is 1. The summed E-state index contributed by atoms with van der Waals surface area (Å²) < 4.78 is 0. The first-order valence-corrected chi connectivity index (χ1v) is 4.77. The topological polar surface area (TPSA) is 63.3 Å². The molecule has 0 atom stereocenters. The Bertz CT molecular complexity index is 334. The fraction of sp³-hybridized carbons (Fsp3) is 0.364. The zero-order chi connectivity index (χ0) is 10.6. The predicted octanol–water partition coefficient (Wildman–Crippen LogP) is 2.31. The molecule has 0 aliphatic rings. The van der Waals surface area contributed by atoms with Gasteiger partial charge in [0, 0.05) is 5.69 Å². The van der Waals surface area contributed by atoms with E-state index in [1.807, 2.05) is 0 Å². The Morgan fingerprint density at radius 1 is 1.50 bits per heavy atom. The van der Waals surface area contributed by atoms with E-state index in [0.29, 0.717) is 11.3 Å². The summed E-state index contributed by atoms with van der Waals surface area (Å²) in [6, 6.07) is 4.86. The summed E-state index contributed by atoms with van der Waals surface area (Å²) in [5, 5.41) is 8.78. The van der Waals surface area contributed by atoms with Crippen LogP contribution in [0.5, 0.6) is 0 Å². The second kappa shape index (κ2) is 4.65. The third kappa shape index (κ3) is 2.49. The van der Waals surface area contributed by atoms with E-state index < -0.39 is 5.97 Å². The van der Waals surface area contributed by atoms with Gasteiger partial charge in [0.2, 0.25) is 0 Å². The number of anilines is 1. The predicted molar refractivity (Wildman–Crippen MR) is 56.4 cm³/mol. The first-order valence-electron chi connectivity index (χ1n) is 4.77. The zero-order valence-corrected chi connectivity index (χ0v) is 8.29. The molecule has 0 aliphatic heterocycles. The van der Waals surface area contributed by atoms with Crippen LogP contribution in [0, 0.1) is 0 Å². The van der Waals surface area contributed by atoms with Crippen molar-refractivity contribution in [3.05, 3.63) is 29.3 Å². The Morgan fingerprint density at radius 3 is 2.79 bits per heavy atom. The van der Waals surface area contributed by atoms with Crippen LogP contribution in [-0.2, 0) is 6.42 Å². The van der Waals surface area contributed by atoms with Crippen molar-refractivity contribution in [2.45, 2.75) is 26.2 Å². The van der Waals surface area contributed by atoms with Crippen LogP contribution >= 0.6 is 0 Å². The van der Waals surface area contributed by atoms with E-state index in [4.69, 9.17) is 10.8 Å². The SMILES string of the molecule is CCCCc1cc(C(=O)O)ccc1N. The van der Waals surface area contributed by atoms with Gasteiger partial charge in [-0.15, -0.1) is 0 Å². The molecule has 0 spiro atoms. The Balaban J connectivity index is 2.90. The van der Waals surface area contributed by atoms with Crippen molar-refractivity contribution in [2.75, 3.05) is 5.73 Å². The Kier molecular flexibility index (Phi) is 3.51. The molecule has 0 heterocycles. The van der Waals surface area contributed by atoms with Gasteiger partial charge in [-0.2, -0.15) is 0 Å². The zero-order valence-electron chi connectivity index (χ0n) is 8.29. The maximum Gasteiger partial charge on any atom is 0.335 e. The molecule has 1 rings (SSSR count). The molecule has 0 saturated heterocycles. The molecule has 1 aromatic rings. The van der Waals surface area contributed by atoms with Gasteiger partial charge < -0.3 is 10.8 Å². The van der Waals surface area contributed by atoms with E-state index >= 15 is 0 Å². The molecule has 0 radical (unpaired) electrons. The summed E-state index contributed by atoms with van der Waals surface area (Å²) in [5.74, 6) is -0.900. The van der Waals surface area contributed by atoms with Crippen LogP contribution < -0.4 is 5.73 Å². The molecule has 3 heteroatoms. The first-order chi connectivity index (χ1) is 6.65. The quantitative estimate of drug-likeness (QED) is 0.721. The number of carbonyl (C=O) groups is 1. The Morgan fingerprint density at radius 2 is 2.21 bits per heavy atom. The molecule has 0 aliphatic carbocycles. The molecule has 0 saturated carbocycles. The summed E-state index contributed by atoms with van der Waals surface area (Å²) in [5.41, 5.74) is 7.67. The van der Waals surface area contributed by atoms with Crippen LogP contribution in [0.15, 0.2) is 18.2 Å². The van der Waals surface area contributed by atoms with Crippen molar-refractivity contribution < 1.29 is 9.90 Å². The lowest BCUT2D eigenvalue weighted by Crippen LogP contribution is -2.01. The van der Waals surface area contributed by atoms with Crippen LogP contribution in [0.2, 0.25) is 0 Å². The van der Waals surface area contributed by atoms with Crippen molar-refractivity contribution in [1.29, 1.82) is 0 Å². The molecule has 0 amide bonds. The monoisotopic (exact) mass is 193 g/mol. The molecule has 0 unspecified atom stereocenters. The lowest BCUT2D eigenvalue weighted by Gasteiger charge is -2.05. The molecule has 0 bridgehead atoms. The summed E-state index contributed by atoms with van der Waals surface area (Å²) in [7, 11) is 0. The molecular formula is C11H15NO2. The lowest BCUT2D eigenvalue weighted by molar-refractivity contribution is 0.0697. The highest BCUT2D eigenvalue weighted by atomic mass is 16.4. The molecule has 1 aromatic carbocycles. The van der Waals surface area contributed by atoms with Gasteiger partial charge >= 0.3 is 5.97 Å². The highest BCUT2D eigenvalue weighted by molar-refractivity contribution is 5.88. The number of aryl methyl sites for hydroxylation is 1. The van der Waals surface area contributed by atoms with Gasteiger partial charge in [-0.1, -0.05) is 13.3 Å². The average Bonchev–Trinajstić information content (AvgIpc) is 2.16. The maximum atomic E-state index is 10.7. The minimum absolute atomic E-state index is 0.310. The van der Waals surface area contributed by atoms with Gasteiger partial charge in [-0.25, -0.2) is 4.79 Å². The summed E-state index contributed by atoms with van der Waals surface area (Å²) in [6.45, 7) is 2.09. The Labute approximate surface area is 83.6 Å². The number of nitrogen functional groups attached to an aromatic ring is 1. The summed E-state index contributed by atoms with van der Waals surface area (Å²) in [6.07, 6.45) is 2.97. The fourth-order valence-electron chi connectivity index (χ4n) is 1.32. The minimum Gasteiger partial charge on any atom is -0.478 e. The number of hydrogen-bond acceptors (Lipinski definition) is 2. The molecule has 0 fully saturated rings. The van der Waals surface area contributed by atoms with Crippen molar-refractivity contribution in [2.24, 2.45) is 0 Å². The molecule has 0 aromatic heterocycles. The second-order valence-corrected chi connectivity index (χ2v) is 3.32. The van der Waals surface area contributed by atoms with E-state index in [1.54, 1.807) is 12.1 Å². The lowest BCUT2D eigenvalue weighted by atomic mass is 10.0. The smallest absolute Gasteiger partial charge is 0.335 e. The normalized spacial score (nSPS) is 10.1. The van der Waals surface area contributed by atoms with Crippen LogP contribution in [0.4, 0.5) is 5.69 Å². The number of rotatable bonds is 4. The molecule has 14 heavy (non-hydrogen) atoms. The number of carboxylic acids is 1. The van der Waals surface area contributed by atoms with E-state index in [0.717, 1.165) is 24.8 Å². The number of nitrogens with two attached hydrogens (primary N) is 1. The maximum absolute atomic E-state index is 10.7. The van der Waals surface area contributed by atoms with E-state index in [9.17, 15) is 4.79 Å². The van der Waals surface area contributed by atoms with Crippen LogP contribution in [-0.4, -0.2) is 11.1 Å². The van der Waals surface area contributed by atoms with Crippen LogP contribution in [0.25, 0.3) is 0 Å². The molecule has 3 nitrogen and oxygen atoms in total. The Hall–Kier alpha value is -1.51. The van der Waals surface area contributed by atoms with Crippen molar-refractivity contribution in [3.8, 4) is 0 Å². The van der Waals surface area contributed by atoms with E-state index in [-0.39, 0.29) is 0 Å². The van der Waals surface area contributed by atoms with Gasteiger partial charge in [0.15, 0.2) is 0 Å². The number of hydrogen-bond donors (Lipinski definition) is 2. The van der Waals surface area contributed by atoms with Crippen LogP contribution in [0.3, 0.4) is 0 Å². The third-order valence-corrected chi connectivity index (χ3v) is 2.19. The van der Waals surface area contributed by atoms with Gasteiger partial charge in [0.25, 0.3) is 0 Å². The number of aromatic carboxylic acids is 1. The van der Waals surface area contributed by atoms with E-state index in [1.165, 1.54) is 6.07 Å². The fourth-order valence-corrected chi connectivity index (χ4v) is 1.32. The first kappa shape index (κ1) is 10.6. The number of benzene rings is 1. The van der Waals surface area contributed by atoms with E-state index in [2.05, 4.69) is 6.92 Å². The van der Waals surface area contributed by atoms with Crippen molar-refractivity contribution in [1.82, 2.24) is 0 Å². The minimum atomic E-state index is -0.900. The van der Waals surface area contributed by atoms with Gasteiger partial charge in [0.1, 0.15) is 0 Å². The average molecular weight is 193 g/mol. The second-order valence-electron chi connectivity index (χ2n) is 3.32. The highest BCUT2D eigenvalue weighted by Gasteiger charge is 2.05. The van der Waals surface area contributed by atoms with Gasteiger partial charge in [-0.3, -0.25) is 0 Å². The summed E-state index contributed by atoms with van der Waals surface area (Å²) in [4.78, 5) is 10.7. The van der Waals surface area contributed by atoms with Crippen molar-refractivity contribution in [3.63, 3.8) is 0 Å². The van der Waals surface area contributed by atoms with Gasteiger partial charge in [0.05, 0.1) is 5.56 Å². The number of carboxylic acid groups (broad SMARTS) is 1. The summed E-state index contributed by atoms with van der Waals surface area (Å²) >= 11 is 0. The molecule has 3 N–H and O–H groups in total. The van der Waals surface area contributed by atoms with Crippen molar-refractivity contribution >= 4 is 11.7 Å². The highest BCUT2D eigenvalue weighted by Crippen LogP contribution is 2.16. The molecule has 76 valence electrons. The van der Waals surface area contributed by atoms with Gasteiger partial charge in [-0.05, 0) is 36.6 Å². The van der Waals surface area contributed by atoms with Crippen LogP contribution in [0.1, 0.15) is 35.7 Å². The molecular weight excluding hydrogens is 178 g/mol. The standard InChI is InChI=1S/C11H15NO2/c1-2-3-4-8-7-9(11(13)14)5-6-10(8)12/h5-7H,2-4,12H2,1H3,(H,13,14). The largest absolute Gasteiger partial charge is 0.478 e.